The second-order valence-electron chi connectivity index (χ2n) is 2.45. The van der Waals surface area contributed by atoms with Crippen molar-refractivity contribution in [1.29, 1.82) is 0 Å². The fourth-order valence-corrected chi connectivity index (χ4v) is 0.674. The topological polar surface area (TPSA) is 57.5 Å². The van der Waals surface area contributed by atoms with Gasteiger partial charge in [0.05, 0.1) is 6.61 Å². The van der Waals surface area contributed by atoms with Gasteiger partial charge in [0.25, 0.3) is 0 Å². The lowest BCUT2D eigenvalue weighted by Crippen LogP contribution is -2.24. The molecule has 0 aliphatic heterocycles. The van der Waals surface area contributed by atoms with E-state index < -0.39 is 12.7 Å². The summed E-state index contributed by atoms with van der Waals surface area (Å²) in [6.07, 6.45) is 2.88. The zero-order valence-electron chi connectivity index (χ0n) is 6.79. The normalized spacial score (nSPS) is 13.0. The molecule has 0 aromatic carbocycles. The van der Waals surface area contributed by atoms with Gasteiger partial charge in [0.1, 0.15) is 6.10 Å². The van der Waals surface area contributed by atoms with Crippen molar-refractivity contribution >= 4 is 5.78 Å². The molecule has 0 amide bonds. The maximum Gasteiger partial charge on any atom is 0.167 e. The molecule has 2 N–H and O–H groups in total. The minimum atomic E-state index is -1.22. The van der Waals surface area contributed by atoms with Gasteiger partial charge in [0.2, 0.25) is 0 Å². The lowest BCUT2D eigenvalue weighted by atomic mass is 10.1. The lowest BCUT2D eigenvalue weighted by Gasteiger charge is -2.03. The molecule has 0 bridgehead atoms. The molecule has 11 heavy (non-hydrogen) atoms. The summed E-state index contributed by atoms with van der Waals surface area (Å²) in [5, 5.41) is 17.2. The summed E-state index contributed by atoms with van der Waals surface area (Å²) in [7, 11) is 0. The Morgan fingerprint density at radius 1 is 1.64 bits per heavy atom. The quantitative estimate of drug-likeness (QED) is 0.548. The number of hydrogen-bond donors (Lipinski definition) is 2. The highest BCUT2D eigenvalue weighted by molar-refractivity contribution is 5.90. The van der Waals surface area contributed by atoms with Crippen LogP contribution < -0.4 is 0 Å². The Bertz CT molecular complexity index is 112. The largest absolute Gasteiger partial charge is 0.393 e. The maximum atomic E-state index is 10.8. The van der Waals surface area contributed by atoms with Crippen LogP contribution in [-0.4, -0.2) is 28.7 Å². The fourth-order valence-electron chi connectivity index (χ4n) is 0.674. The number of aliphatic hydroxyl groups excluding tert-OH is 2. The summed E-state index contributed by atoms with van der Waals surface area (Å²) in [4.78, 5) is 10.8. The predicted molar refractivity (Wildman–Crippen MR) is 41.9 cm³/mol. The van der Waals surface area contributed by atoms with E-state index in [2.05, 4.69) is 0 Å². The Labute approximate surface area is 67.0 Å². The molecule has 3 nitrogen and oxygen atoms in total. The smallest absolute Gasteiger partial charge is 0.167 e. The predicted octanol–water partition coefficient (Wildman–Crippen LogP) is 0.303. The Morgan fingerprint density at radius 2 is 2.27 bits per heavy atom. The summed E-state index contributed by atoms with van der Waals surface area (Å²) in [6.45, 7) is 1.54. The minimum Gasteiger partial charge on any atom is -0.393 e. The van der Waals surface area contributed by atoms with E-state index in [9.17, 15) is 4.79 Å². The molecule has 1 unspecified atom stereocenters. The molecule has 1 radical (unpaired) electrons. The first-order valence-corrected chi connectivity index (χ1v) is 3.88. The van der Waals surface area contributed by atoms with Crippen LogP contribution in [0.2, 0.25) is 0 Å². The highest BCUT2D eigenvalue weighted by Crippen LogP contribution is 2.00. The van der Waals surface area contributed by atoms with Gasteiger partial charge < -0.3 is 10.2 Å². The molecular formula is C8H15O3. The van der Waals surface area contributed by atoms with Crippen LogP contribution in [0.5, 0.6) is 0 Å². The van der Waals surface area contributed by atoms with Gasteiger partial charge in [-0.05, 0) is 6.42 Å². The first kappa shape index (κ1) is 10.6. The van der Waals surface area contributed by atoms with Crippen molar-refractivity contribution in [2.45, 2.75) is 32.3 Å². The van der Waals surface area contributed by atoms with Crippen LogP contribution >= 0.6 is 0 Å². The second-order valence-corrected chi connectivity index (χ2v) is 2.45. The van der Waals surface area contributed by atoms with E-state index in [-0.39, 0.29) is 5.78 Å². The standard InChI is InChI=1S/C8H15O3/c1-2-3-4-5-7(10)8(11)6-9/h5,8-9,11H,2-4,6H2,1H3. The van der Waals surface area contributed by atoms with Crippen LogP contribution in [0.25, 0.3) is 0 Å². The van der Waals surface area contributed by atoms with Crippen molar-refractivity contribution in [3.05, 3.63) is 6.42 Å². The monoisotopic (exact) mass is 159 g/mol. The third-order valence-corrected chi connectivity index (χ3v) is 1.40. The van der Waals surface area contributed by atoms with Crippen molar-refractivity contribution < 1.29 is 15.0 Å². The minimum absolute atomic E-state index is 0.374. The Balaban J connectivity index is 3.36. The van der Waals surface area contributed by atoms with Crippen molar-refractivity contribution in [1.82, 2.24) is 0 Å². The van der Waals surface area contributed by atoms with Gasteiger partial charge in [-0.25, -0.2) is 0 Å². The molecule has 0 aromatic heterocycles. The van der Waals surface area contributed by atoms with Crippen LogP contribution in [0.1, 0.15) is 26.2 Å². The van der Waals surface area contributed by atoms with E-state index in [4.69, 9.17) is 10.2 Å². The highest BCUT2D eigenvalue weighted by Gasteiger charge is 2.12. The number of carbonyl (C=O) groups is 1. The lowest BCUT2D eigenvalue weighted by molar-refractivity contribution is -0.125. The third kappa shape index (κ3) is 4.93. The molecule has 0 spiro atoms. The van der Waals surface area contributed by atoms with Crippen LogP contribution in [0.3, 0.4) is 0 Å². The first-order chi connectivity index (χ1) is 5.22. The first-order valence-electron chi connectivity index (χ1n) is 3.88. The van der Waals surface area contributed by atoms with Crippen LogP contribution in [-0.2, 0) is 4.79 Å². The van der Waals surface area contributed by atoms with Gasteiger partial charge in [0.15, 0.2) is 5.78 Å². The number of Topliss-reactive ketones (excluding diaryl/α,β-unsaturated/α-hetero) is 1. The number of rotatable bonds is 6. The number of carbonyl (C=O) groups excluding carboxylic acids is 1. The zero-order chi connectivity index (χ0) is 8.69. The van der Waals surface area contributed by atoms with E-state index in [1.807, 2.05) is 6.92 Å². The third-order valence-electron chi connectivity index (χ3n) is 1.40. The van der Waals surface area contributed by atoms with Gasteiger partial charge in [-0.1, -0.05) is 19.8 Å². The summed E-state index contributed by atoms with van der Waals surface area (Å²) in [5.41, 5.74) is 0. The Kier molecular flexibility index (Phi) is 6.07. The number of unbranched alkanes of at least 4 members (excludes halogenated alkanes) is 2. The van der Waals surface area contributed by atoms with E-state index in [1.54, 1.807) is 0 Å². The molecule has 0 saturated heterocycles. The molecule has 0 aromatic rings. The van der Waals surface area contributed by atoms with Gasteiger partial charge in [-0.3, -0.25) is 4.79 Å². The average Bonchev–Trinajstić information content (AvgIpc) is 2.03. The highest BCUT2D eigenvalue weighted by atomic mass is 16.3. The van der Waals surface area contributed by atoms with Crippen molar-refractivity contribution in [2.24, 2.45) is 0 Å². The molecule has 0 rings (SSSR count). The average molecular weight is 159 g/mol. The second kappa shape index (κ2) is 6.31. The molecule has 0 fully saturated rings. The fraction of sp³-hybridized carbons (Fsp3) is 0.750. The van der Waals surface area contributed by atoms with Crippen LogP contribution in [0.4, 0.5) is 0 Å². The van der Waals surface area contributed by atoms with Crippen molar-refractivity contribution in [3.8, 4) is 0 Å². The molecule has 65 valence electrons. The van der Waals surface area contributed by atoms with Gasteiger partial charge in [0, 0.05) is 6.42 Å². The van der Waals surface area contributed by atoms with Gasteiger partial charge >= 0.3 is 0 Å². The maximum absolute atomic E-state index is 10.8. The number of aliphatic hydroxyl groups is 2. The molecule has 0 saturated carbocycles. The zero-order valence-corrected chi connectivity index (χ0v) is 6.79. The Hall–Kier alpha value is -0.410. The summed E-state index contributed by atoms with van der Waals surface area (Å²) >= 11 is 0. The van der Waals surface area contributed by atoms with E-state index >= 15 is 0 Å². The van der Waals surface area contributed by atoms with Crippen molar-refractivity contribution in [2.75, 3.05) is 6.61 Å². The van der Waals surface area contributed by atoms with E-state index in [0.717, 1.165) is 12.8 Å². The summed E-state index contributed by atoms with van der Waals surface area (Å²) in [6, 6.07) is 0. The summed E-state index contributed by atoms with van der Waals surface area (Å²) < 4.78 is 0. The molecular weight excluding hydrogens is 144 g/mol. The molecule has 0 heterocycles. The molecule has 3 heteroatoms. The molecule has 1 atom stereocenters. The number of hydrogen-bond acceptors (Lipinski definition) is 3. The molecule has 0 aliphatic carbocycles. The van der Waals surface area contributed by atoms with Crippen LogP contribution in [0.15, 0.2) is 0 Å². The van der Waals surface area contributed by atoms with Crippen LogP contribution in [0, 0.1) is 6.42 Å². The van der Waals surface area contributed by atoms with Gasteiger partial charge in [-0.15, -0.1) is 0 Å². The summed E-state index contributed by atoms with van der Waals surface area (Å²) in [5.74, 6) is -0.374. The van der Waals surface area contributed by atoms with E-state index in [1.165, 1.54) is 6.42 Å². The number of ketones is 1. The van der Waals surface area contributed by atoms with Crippen molar-refractivity contribution in [3.63, 3.8) is 0 Å². The molecule has 0 aliphatic rings. The van der Waals surface area contributed by atoms with Gasteiger partial charge in [-0.2, -0.15) is 0 Å². The SMILES string of the molecule is CCCC[CH]C(=O)C(O)CO. The van der Waals surface area contributed by atoms with E-state index in [0.29, 0.717) is 6.42 Å². The Morgan fingerprint density at radius 3 is 2.73 bits per heavy atom.